The summed E-state index contributed by atoms with van der Waals surface area (Å²) in [5, 5.41) is 24.7. The summed E-state index contributed by atoms with van der Waals surface area (Å²) in [6.45, 7) is 0. The molecule has 2 aromatic rings. The minimum absolute atomic E-state index is 0.0495. The number of hydrogen-bond acceptors (Lipinski definition) is 7. The average Bonchev–Trinajstić information content (AvgIpc) is 2.91. The summed E-state index contributed by atoms with van der Waals surface area (Å²) in [6.07, 6.45) is 4.21. The van der Waals surface area contributed by atoms with E-state index in [4.69, 9.17) is 10.9 Å². The number of rotatable bonds is 3. The van der Waals surface area contributed by atoms with E-state index in [1.54, 1.807) is 11.7 Å². The normalized spacial score (nSPS) is 15.0. The van der Waals surface area contributed by atoms with Crippen molar-refractivity contribution in [2.45, 2.75) is 35.9 Å². The largest absolute Gasteiger partial charge is 0.409 e. The van der Waals surface area contributed by atoms with Crippen molar-refractivity contribution in [2.75, 3.05) is 0 Å². The van der Waals surface area contributed by atoms with Crippen molar-refractivity contribution in [3.8, 4) is 0 Å². The maximum absolute atomic E-state index is 8.98. The van der Waals surface area contributed by atoms with E-state index in [1.165, 1.54) is 17.3 Å². The van der Waals surface area contributed by atoms with Gasteiger partial charge in [0, 0.05) is 12.7 Å². The molecule has 0 unspecified atom stereocenters. The van der Waals surface area contributed by atoms with Crippen LogP contribution in [0.4, 0.5) is 0 Å². The average molecular weight is 305 g/mol. The van der Waals surface area contributed by atoms with E-state index < -0.39 is 0 Å². The Morgan fingerprint density at radius 1 is 1.43 bits per heavy atom. The van der Waals surface area contributed by atoms with Gasteiger partial charge in [-0.25, -0.2) is 9.67 Å². The maximum Gasteiger partial charge on any atom is 0.215 e. The van der Waals surface area contributed by atoms with E-state index in [9.17, 15) is 0 Å². The third kappa shape index (κ3) is 2.68. The predicted octanol–water partition coefficient (Wildman–Crippen LogP) is 0.730. The molecule has 9 heteroatoms. The Kier molecular flexibility index (Phi) is 3.74. The Morgan fingerprint density at radius 3 is 2.95 bits per heavy atom. The fraction of sp³-hybridized carbons (Fsp3) is 0.417. The van der Waals surface area contributed by atoms with Gasteiger partial charge < -0.3 is 10.9 Å². The summed E-state index contributed by atoms with van der Waals surface area (Å²) < 4.78 is 1.56. The number of amidine groups is 1. The third-order valence-electron chi connectivity index (χ3n) is 3.42. The molecule has 0 amide bonds. The Balaban J connectivity index is 2.06. The zero-order valence-electron chi connectivity index (χ0n) is 11.5. The lowest BCUT2D eigenvalue weighted by atomic mass is 9.95. The monoisotopic (exact) mass is 305 g/mol. The molecule has 0 saturated carbocycles. The van der Waals surface area contributed by atoms with Crippen LogP contribution in [0.5, 0.6) is 0 Å². The molecule has 110 valence electrons. The summed E-state index contributed by atoms with van der Waals surface area (Å²) in [5.74, 6) is 0.0495. The van der Waals surface area contributed by atoms with Crippen molar-refractivity contribution in [1.82, 2.24) is 25.2 Å². The van der Waals surface area contributed by atoms with Crippen LogP contribution < -0.4 is 5.73 Å². The summed E-state index contributed by atoms with van der Waals surface area (Å²) in [5.41, 5.74) is 8.65. The van der Waals surface area contributed by atoms with Crippen molar-refractivity contribution in [2.24, 2.45) is 17.9 Å². The zero-order valence-corrected chi connectivity index (χ0v) is 12.3. The molecule has 0 aliphatic heterocycles. The number of pyridine rings is 1. The van der Waals surface area contributed by atoms with Gasteiger partial charge in [0.05, 0.1) is 5.56 Å². The topological polar surface area (TPSA) is 115 Å². The van der Waals surface area contributed by atoms with Crippen LogP contribution in [0.2, 0.25) is 0 Å². The highest BCUT2D eigenvalue weighted by Crippen LogP contribution is 2.30. The smallest absolute Gasteiger partial charge is 0.215 e. The molecular formula is C12H15N7OS. The Bertz CT molecular complexity index is 697. The lowest BCUT2D eigenvalue weighted by Gasteiger charge is -2.17. The van der Waals surface area contributed by atoms with Gasteiger partial charge >= 0.3 is 0 Å². The van der Waals surface area contributed by atoms with E-state index in [-0.39, 0.29) is 5.84 Å². The highest BCUT2D eigenvalue weighted by Gasteiger charge is 2.19. The molecule has 0 atom stereocenters. The number of nitrogens with zero attached hydrogens (tertiary/aromatic N) is 6. The number of aryl methyl sites for hydroxylation is 3. The summed E-state index contributed by atoms with van der Waals surface area (Å²) >= 11 is 1.31. The molecule has 8 nitrogen and oxygen atoms in total. The van der Waals surface area contributed by atoms with Crippen molar-refractivity contribution < 1.29 is 5.21 Å². The summed E-state index contributed by atoms with van der Waals surface area (Å²) in [4.78, 5) is 4.68. The zero-order chi connectivity index (χ0) is 14.8. The molecule has 2 aromatic heterocycles. The number of fused-ring (bicyclic) bond motifs is 1. The highest BCUT2D eigenvalue weighted by atomic mass is 32.2. The van der Waals surface area contributed by atoms with Gasteiger partial charge in [0.1, 0.15) is 5.03 Å². The Labute approximate surface area is 125 Å². The van der Waals surface area contributed by atoms with Crippen LogP contribution >= 0.6 is 11.8 Å². The van der Waals surface area contributed by atoms with Gasteiger partial charge in [-0.05, 0) is 59.5 Å². The second kappa shape index (κ2) is 5.68. The number of hydrogen-bond donors (Lipinski definition) is 2. The standard InChI is InChI=1S/C12H15N7OS/c1-19-12(15-17-18-19)21-11-8(10(13)16-20)6-7-4-2-3-5-9(7)14-11/h6,20H,2-5H2,1H3,(H2,13,16). The van der Waals surface area contributed by atoms with Gasteiger partial charge in [0.25, 0.3) is 0 Å². The molecule has 0 fully saturated rings. The first-order chi connectivity index (χ1) is 10.2. The molecule has 2 heterocycles. The SMILES string of the molecule is Cn1nnnc1Sc1nc2c(cc1C(N)=NO)CCCC2. The van der Waals surface area contributed by atoms with E-state index in [0.29, 0.717) is 15.7 Å². The lowest BCUT2D eigenvalue weighted by molar-refractivity contribution is 0.318. The van der Waals surface area contributed by atoms with Crippen LogP contribution in [0.1, 0.15) is 29.7 Å². The van der Waals surface area contributed by atoms with E-state index in [1.807, 2.05) is 6.07 Å². The Morgan fingerprint density at radius 2 is 2.24 bits per heavy atom. The first-order valence-corrected chi connectivity index (χ1v) is 7.41. The second-order valence-electron chi connectivity index (χ2n) is 4.83. The van der Waals surface area contributed by atoms with Crippen molar-refractivity contribution in [3.63, 3.8) is 0 Å². The van der Waals surface area contributed by atoms with E-state index in [2.05, 4.69) is 25.7 Å². The maximum atomic E-state index is 8.98. The minimum atomic E-state index is 0.0495. The van der Waals surface area contributed by atoms with Gasteiger partial charge in [-0.1, -0.05) is 5.16 Å². The molecule has 21 heavy (non-hydrogen) atoms. The second-order valence-corrected chi connectivity index (χ2v) is 5.78. The number of oxime groups is 1. The van der Waals surface area contributed by atoms with Crippen LogP contribution in [0.3, 0.4) is 0 Å². The Hall–Kier alpha value is -2.16. The van der Waals surface area contributed by atoms with Crippen molar-refractivity contribution >= 4 is 17.6 Å². The lowest BCUT2D eigenvalue weighted by Crippen LogP contribution is -2.18. The quantitative estimate of drug-likeness (QED) is 0.372. The molecule has 0 bridgehead atoms. The first kappa shape index (κ1) is 13.8. The van der Waals surface area contributed by atoms with E-state index in [0.717, 1.165) is 31.4 Å². The number of nitrogens with two attached hydrogens (primary N) is 1. The predicted molar refractivity (Wildman–Crippen MR) is 76.3 cm³/mol. The molecule has 0 spiro atoms. The fourth-order valence-electron chi connectivity index (χ4n) is 2.32. The highest BCUT2D eigenvalue weighted by molar-refractivity contribution is 7.99. The number of aromatic nitrogens is 5. The summed E-state index contributed by atoms with van der Waals surface area (Å²) in [7, 11) is 1.75. The van der Waals surface area contributed by atoms with Crippen LogP contribution in [0.25, 0.3) is 0 Å². The molecule has 1 aliphatic rings. The molecule has 0 radical (unpaired) electrons. The van der Waals surface area contributed by atoms with Gasteiger partial charge in [-0.3, -0.25) is 0 Å². The molecule has 0 saturated heterocycles. The van der Waals surface area contributed by atoms with Gasteiger partial charge in [-0.15, -0.1) is 5.10 Å². The number of tetrazole rings is 1. The first-order valence-electron chi connectivity index (χ1n) is 6.60. The molecule has 3 N–H and O–H groups in total. The van der Waals surface area contributed by atoms with Crippen LogP contribution in [0.15, 0.2) is 21.4 Å². The van der Waals surface area contributed by atoms with Crippen LogP contribution in [0, 0.1) is 0 Å². The van der Waals surface area contributed by atoms with E-state index >= 15 is 0 Å². The fourth-order valence-corrected chi connectivity index (χ4v) is 3.17. The van der Waals surface area contributed by atoms with Crippen molar-refractivity contribution in [1.29, 1.82) is 0 Å². The van der Waals surface area contributed by atoms with Gasteiger partial charge in [0.15, 0.2) is 5.84 Å². The third-order valence-corrected chi connectivity index (χ3v) is 4.45. The van der Waals surface area contributed by atoms with Crippen LogP contribution in [-0.2, 0) is 19.9 Å². The minimum Gasteiger partial charge on any atom is -0.409 e. The van der Waals surface area contributed by atoms with Crippen molar-refractivity contribution in [3.05, 3.63) is 22.9 Å². The molecule has 0 aromatic carbocycles. The molecule has 3 rings (SSSR count). The van der Waals surface area contributed by atoms with Gasteiger partial charge in [-0.2, -0.15) is 0 Å². The molecule has 1 aliphatic carbocycles. The summed E-state index contributed by atoms with van der Waals surface area (Å²) in [6, 6.07) is 1.96. The van der Waals surface area contributed by atoms with Gasteiger partial charge in [0.2, 0.25) is 5.16 Å². The van der Waals surface area contributed by atoms with Crippen LogP contribution in [-0.4, -0.2) is 36.2 Å². The molecular weight excluding hydrogens is 290 g/mol.